The molecule has 0 aromatic heterocycles. The van der Waals surface area contributed by atoms with Gasteiger partial charge in [-0.2, -0.15) is 0 Å². The van der Waals surface area contributed by atoms with Crippen molar-refractivity contribution in [3.8, 4) is 0 Å². The SMILES string of the molecule is C[C@]12CC[C@H]3[C@@H](CC[C@H]4C=CCC[C@@]43CO)[C@@H]1CCC2=O. The van der Waals surface area contributed by atoms with E-state index in [-0.39, 0.29) is 10.8 Å². The number of fused-ring (bicyclic) bond motifs is 5. The number of hydrogen-bond acceptors (Lipinski definition) is 2. The van der Waals surface area contributed by atoms with Gasteiger partial charge in [-0.25, -0.2) is 0 Å². The van der Waals surface area contributed by atoms with Crippen molar-refractivity contribution in [2.24, 2.45) is 34.5 Å². The zero-order valence-electron chi connectivity index (χ0n) is 13.2. The molecular formula is C19H28O2. The Morgan fingerprint density at radius 3 is 2.86 bits per heavy atom. The highest BCUT2D eigenvalue weighted by Gasteiger charge is 2.60. The van der Waals surface area contributed by atoms with Crippen molar-refractivity contribution in [2.45, 2.75) is 58.3 Å². The lowest BCUT2D eigenvalue weighted by molar-refractivity contribution is -0.140. The van der Waals surface area contributed by atoms with Gasteiger partial charge in [-0.15, -0.1) is 0 Å². The Balaban J connectivity index is 1.70. The van der Waals surface area contributed by atoms with Crippen LogP contribution in [0, 0.1) is 34.5 Å². The second-order valence-corrected chi connectivity index (χ2v) is 8.34. The molecule has 21 heavy (non-hydrogen) atoms. The van der Waals surface area contributed by atoms with Crippen LogP contribution < -0.4 is 0 Å². The lowest BCUT2D eigenvalue weighted by Crippen LogP contribution is -2.54. The summed E-state index contributed by atoms with van der Waals surface area (Å²) in [5, 5.41) is 10.3. The second-order valence-electron chi connectivity index (χ2n) is 8.34. The van der Waals surface area contributed by atoms with Gasteiger partial charge in [0.2, 0.25) is 0 Å². The normalized spacial score (nSPS) is 52.2. The first kappa shape index (κ1) is 14.0. The highest BCUT2D eigenvalue weighted by Crippen LogP contribution is 2.64. The van der Waals surface area contributed by atoms with E-state index in [0.29, 0.717) is 36.1 Å². The monoisotopic (exact) mass is 288 g/mol. The lowest BCUT2D eigenvalue weighted by atomic mass is 9.46. The quantitative estimate of drug-likeness (QED) is 0.746. The number of carbonyl (C=O) groups excluding carboxylic acids is 1. The molecule has 4 aliphatic rings. The maximum Gasteiger partial charge on any atom is 0.139 e. The third-order valence-corrected chi connectivity index (χ3v) is 7.87. The smallest absolute Gasteiger partial charge is 0.139 e. The molecule has 0 aliphatic heterocycles. The predicted molar refractivity (Wildman–Crippen MR) is 82.7 cm³/mol. The van der Waals surface area contributed by atoms with Crippen LogP contribution in [0.25, 0.3) is 0 Å². The van der Waals surface area contributed by atoms with E-state index in [0.717, 1.165) is 38.5 Å². The average molecular weight is 288 g/mol. The van der Waals surface area contributed by atoms with Crippen molar-refractivity contribution in [3.63, 3.8) is 0 Å². The van der Waals surface area contributed by atoms with Gasteiger partial charge in [0, 0.05) is 23.9 Å². The molecule has 0 bridgehead atoms. The fourth-order valence-electron chi connectivity index (χ4n) is 6.69. The van der Waals surface area contributed by atoms with E-state index in [1.165, 1.54) is 12.8 Å². The molecule has 2 heteroatoms. The molecule has 0 aromatic rings. The van der Waals surface area contributed by atoms with Crippen LogP contribution in [0.5, 0.6) is 0 Å². The van der Waals surface area contributed by atoms with Gasteiger partial charge in [-0.3, -0.25) is 4.79 Å². The van der Waals surface area contributed by atoms with Gasteiger partial charge in [-0.1, -0.05) is 19.1 Å². The fraction of sp³-hybridized carbons (Fsp3) is 0.842. The minimum absolute atomic E-state index is 0.0326. The van der Waals surface area contributed by atoms with Crippen LogP contribution in [-0.2, 0) is 4.79 Å². The molecule has 116 valence electrons. The Bertz CT molecular complexity index is 482. The first-order valence-electron chi connectivity index (χ1n) is 8.93. The first-order chi connectivity index (χ1) is 10.1. The Kier molecular flexibility index (Phi) is 3.12. The van der Waals surface area contributed by atoms with Gasteiger partial charge >= 0.3 is 0 Å². The summed E-state index contributed by atoms with van der Waals surface area (Å²) in [7, 11) is 0. The van der Waals surface area contributed by atoms with Gasteiger partial charge in [-0.05, 0) is 68.6 Å². The highest BCUT2D eigenvalue weighted by atomic mass is 16.3. The second kappa shape index (κ2) is 4.68. The molecule has 0 radical (unpaired) electrons. The summed E-state index contributed by atoms with van der Waals surface area (Å²) < 4.78 is 0. The van der Waals surface area contributed by atoms with E-state index in [1.807, 2.05) is 0 Å². The van der Waals surface area contributed by atoms with Gasteiger partial charge in [0.05, 0.1) is 0 Å². The molecule has 0 unspecified atom stereocenters. The van der Waals surface area contributed by atoms with Crippen LogP contribution in [0.2, 0.25) is 0 Å². The third kappa shape index (κ3) is 1.72. The van der Waals surface area contributed by atoms with E-state index < -0.39 is 0 Å². The number of aliphatic hydroxyl groups excluding tert-OH is 1. The van der Waals surface area contributed by atoms with Crippen molar-refractivity contribution in [1.29, 1.82) is 0 Å². The van der Waals surface area contributed by atoms with Crippen molar-refractivity contribution in [2.75, 3.05) is 6.61 Å². The van der Waals surface area contributed by atoms with Crippen LogP contribution in [0.4, 0.5) is 0 Å². The maximum atomic E-state index is 12.4. The van der Waals surface area contributed by atoms with Crippen LogP contribution in [0.3, 0.4) is 0 Å². The molecule has 2 nitrogen and oxygen atoms in total. The number of allylic oxidation sites excluding steroid dienone is 2. The standard InChI is InChI=1S/C19H28O2/c1-18-11-9-16-14(15(18)7-8-17(18)21)6-5-13-4-2-3-10-19(13,16)12-20/h2,4,13-16,20H,3,5-12H2,1H3/t13-,14+,15+,16+,18+,19-/m1/s1. The molecule has 0 spiro atoms. The predicted octanol–water partition coefficient (Wildman–Crippen LogP) is 3.74. The number of ketones is 1. The van der Waals surface area contributed by atoms with Crippen molar-refractivity contribution in [3.05, 3.63) is 12.2 Å². The van der Waals surface area contributed by atoms with Crippen LogP contribution >= 0.6 is 0 Å². The maximum absolute atomic E-state index is 12.4. The zero-order chi connectivity index (χ0) is 14.7. The Morgan fingerprint density at radius 1 is 1.19 bits per heavy atom. The van der Waals surface area contributed by atoms with Crippen LogP contribution in [0.1, 0.15) is 58.3 Å². The topological polar surface area (TPSA) is 37.3 Å². The van der Waals surface area contributed by atoms with Crippen LogP contribution in [-0.4, -0.2) is 17.5 Å². The molecular weight excluding hydrogens is 260 g/mol. The summed E-state index contributed by atoms with van der Waals surface area (Å²) in [4.78, 5) is 12.4. The van der Waals surface area contributed by atoms with Crippen molar-refractivity contribution < 1.29 is 9.90 Å². The van der Waals surface area contributed by atoms with Gasteiger partial charge in [0.1, 0.15) is 5.78 Å². The molecule has 0 aromatic carbocycles. The highest BCUT2D eigenvalue weighted by molar-refractivity contribution is 5.87. The number of hydrogen-bond donors (Lipinski definition) is 1. The third-order valence-electron chi connectivity index (χ3n) is 7.87. The Labute approximate surface area is 128 Å². The number of carbonyl (C=O) groups is 1. The molecule has 4 rings (SSSR count). The Hall–Kier alpha value is -0.630. The molecule has 3 saturated carbocycles. The molecule has 6 atom stereocenters. The largest absolute Gasteiger partial charge is 0.396 e. The molecule has 0 heterocycles. The van der Waals surface area contributed by atoms with Crippen molar-refractivity contribution >= 4 is 5.78 Å². The molecule has 0 saturated heterocycles. The summed E-state index contributed by atoms with van der Waals surface area (Å²) >= 11 is 0. The van der Waals surface area contributed by atoms with E-state index in [1.54, 1.807) is 0 Å². The first-order valence-corrected chi connectivity index (χ1v) is 8.93. The minimum Gasteiger partial charge on any atom is -0.396 e. The van der Waals surface area contributed by atoms with E-state index >= 15 is 0 Å². The minimum atomic E-state index is -0.0326. The lowest BCUT2D eigenvalue weighted by Gasteiger charge is -2.59. The molecule has 4 aliphatic carbocycles. The molecule has 1 N–H and O–H groups in total. The average Bonchev–Trinajstić information content (AvgIpc) is 2.82. The van der Waals surface area contributed by atoms with Gasteiger partial charge < -0.3 is 5.11 Å². The molecule has 0 amide bonds. The summed E-state index contributed by atoms with van der Waals surface area (Å²) in [6.45, 7) is 2.59. The zero-order valence-corrected chi connectivity index (χ0v) is 13.2. The number of aliphatic hydroxyl groups is 1. The van der Waals surface area contributed by atoms with E-state index in [9.17, 15) is 9.90 Å². The van der Waals surface area contributed by atoms with E-state index in [2.05, 4.69) is 19.1 Å². The summed E-state index contributed by atoms with van der Waals surface area (Å²) in [6.07, 6.45) is 13.6. The van der Waals surface area contributed by atoms with Gasteiger partial charge in [0.25, 0.3) is 0 Å². The van der Waals surface area contributed by atoms with Crippen LogP contribution in [0.15, 0.2) is 12.2 Å². The summed E-state index contributed by atoms with van der Waals surface area (Å²) in [6, 6.07) is 0. The summed E-state index contributed by atoms with van der Waals surface area (Å²) in [5.74, 6) is 3.04. The van der Waals surface area contributed by atoms with E-state index in [4.69, 9.17) is 0 Å². The number of Topliss-reactive ketones (excluding diaryl/α,β-unsaturated/α-hetero) is 1. The van der Waals surface area contributed by atoms with Crippen molar-refractivity contribution in [1.82, 2.24) is 0 Å². The number of rotatable bonds is 1. The fourth-order valence-corrected chi connectivity index (χ4v) is 6.69. The molecule has 3 fully saturated rings. The summed E-state index contributed by atoms with van der Waals surface area (Å²) in [5.41, 5.74) is 0.0970. The Morgan fingerprint density at radius 2 is 2.05 bits per heavy atom. The van der Waals surface area contributed by atoms with Gasteiger partial charge in [0.15, 0.2) is 0 Å².